The Bertz CT molecular complexity index is 264. The topological polar surface area (TPSA) is 32.7 Å². The predicted molar refractivity (Wildman–Crippen MR) is 51.7 cm³/mol. The van der Waals surface area contributed by atoms with Crippen LogP contribution in [0, 0.1) is 0 Å². The zero-order valence-electron chi connectivity index (χ0n) is 8.34. The number of carbonyl (C=O) groups is 1. The summed E-state index contributed by atoms with van der Waals surface area (Å²) in [6, 6.07) is 0. The van der Waals surface area contributed by atoms with Crippen molar-refractivity contribution >= 4 is 11.7 Å². The lowest BCUT2D eigenvalue weighted by molar-refractivity contribution is -0.130. The van der Waals surface area contributed by atoms with E-state index >= 15 is 0 Å². The lowest BCUT2D eigenvalue weighted by Crippen LogP contribution is -2.40. The Morgan fingerprint density at radius 2 is 2.08 bits per heavy atom. The molecule has 1 aliphatic carbocycles. The highest BCUT2D eigenvalue weighted by Crippen LogP contribution is 2.38. The molecule has 0 aromatic carbocycles. The molecule has 3 heteroatoms. The second kappa shape index (κ2) is 2.82. The van der Waals surface area contributed by atoms with Crippen LogP contribution in [0.2, 0.25) is 0 Å². The fourth-order valence-corrected chi connectivity index (χ4v) is 2.47. The van der Waals surface area contributed by atoms with Crippen LogP contribution in [0.15, 0.2) is 4.99 Å². The lowest BCUT2D eigenvalue weighted by atomic mass is 9.98. The van der Waals surface area contributed by atoms with Crippen molar-refractivity contribution < 1.29 is 4.79 Å². The molecule has 1 fully saturated rings. The van der Waals surface area contributed by atoms with E-state index in [1.807, 2.05) is 18.7 Å². The molecule has 0 N–H and O–H groups in total. The van der Waals surface area contributed by atoms with Gasteiger partial charge in [-0.05, 0) is 26.7 Å². The minimum atomic E-state index is -0.333. The van der Waals surface area contributed by atoms with Crippen molar-refractivity contribution in [2.45, 2.75) is 45.1 Å². The van der Waals surface area contributed by atoms with Gasteiger partial charge >= 0.3 is 0 Å². The standard InChI is InChI=1S/C10H16N2O/c1-3-12-8(2)11-10(9(12)13)6-4-5-7-10/h3-7H2,1-2H3. The van der Waals surface area contributed by atoms with Crippen LogP contribution in [0.4, 0.5) is 0 Å². The van der Waals surface area contributed by atoms with Crippen LogP contribution < -0.4 is 0 Å². The van der Waals surface area contributed by atoms with Gasteiger partial charge in [0.2, 0.25) is 0 Å². The molecule has 1 aliphatic heterocycles. The van der Waals surface area contributed by atoms with Crippen molar-refractivity contribution in [3.63, 3.8) is 0 Å². The number of hydrogen-bond acceptors (Lipinski definition) is 2. The summed E-state index contributed by atoms with van der Waals surface area (Å²) in [5, 5.41) is 0. The Morgan fingerprint density at radius 1 is 1.46 bits per heavy atom. The van der Waals surface area contributed by atoms with Gasteiger partial charge in [0, 0.05) is 6.54 Å². The van der Waals surface area contributed by atoms with Gasteiger partial charge in [-0.2, -0.15) is 0 Å². The number of likely N-dealkylation sites (N-methyl/N-ethyl adjacent to an activating group) is 1. The Labute approximate surface area is 78.8 Å². The van der Waals surface area contributed by atoms with Crippen molar-refractivity contribution in [2.75, 3.05) is 6.54 Å². The normalized spacial score (nSPS) is 25.8. The third kappa shape index (κ3) is 1.10. The molecule has 1 amide bonds. The summed E-state index contributed by atoms with van der Waals surface area (Å²) in [4.78, 5) is 18.3. The number of amidine groups is 1. The quantitative estimate of drug-likeness (QED) is 0.603. The Hall–Kier alpha value is -0.860. The predicted octanol–water partition coefficient (Wildman–Crippen LogP) is 1.58. The summed E-state index contributed by atoms with van der Waals surface area (Å²) < 4.78 is 0. The number of rotatable bonds is 1. The highest BCUT2D eigenvalue weighted by Gasteiger charge is 2.47. The van der Waals surface area contributed by atoms with E-state index in [1.165, 1.54) is 0 Å². The molecule has 1 spiro atoms. The van der Waals surface area contributed by atoms with Crippen LogP contribution in [0.5, 0.6) is 0 Å². The summed E-state index contributed by atoms with van der Waals surface area (Å²) in [6.07, 6.45) is 4.22. The maximum Gasteiger partial charge on any atom is 0.255 e. The van der Waals surface area contributed by atoms with Crippen LogP contribution in [-0.4, -0.2) is 28.7 Å². The molecule has 2 rings (SSSR count). The summed E-state index contributed by atoms with van der Waals surface area (Å²) in [7, 11) is 0. The average molecular weight is 180 g/mol. The first-order valence-electron chi connectivity index (χ1n) is 5.08. The maximum atomic E-state index is 12.0. The third-order valence-corrected chi connectivity index (χ3v) is 3.16. The van der Waals surface area contributed by atoms with Gasteiger partial charge in [-0.1, -0.05) is 12.8 Å². The van der Waals surface area contributed by atoms with E-state index in [4.69, 9.17) is 0 Å². The van der Waals surface area contributed by atoms with E-state index in [2.05, 4.69) is 4.99 Å². The van der Waals surface area contributed by atoms with Crippen molar-refractivity contribution in [3.05, 3.63) is 0 Å². The SMILES string of the molecule is CCN1C(=O)C2(CCCC2)N=C1C. The van der Waals surface area contributed by atoms with Crippen molar-refractivity contribution in [1.82, 2.24) is 4.90 Å². The molecule has 3 nitrogen and oxygen atoms in total. The molecule has 13 heavy (non-hydrogen) atoms. The molecule has 0 unspecified atom stereocenters. The Morgan fingerprint density at radius 3 is 2.54 bits per heavy atom. The fourth-order valence-electron chi connectivity index (χ4n) is 2.47. The first-order valence-corrected chi connectivity index (χ1v) is 5.08. The molecule has 0 radical (unpaired) electrons. The largest absolute Gasteiger partial charge is 0.299 e. The van der Waals surface area contributed by atoms with Crippen LogP contribution in [-0.2, 0) is 4.79 Å². The highest BCUT2D eigenvalue weighted by atomic mass is 16.2. The second-order valence-corrected chi connectivity index (χ2v) is 3.95. The zero-order chi connectivity index (χ0) is 9.47. The van der Waals surface area contributed by atoms with Gasteiger partial charge in [-0.3, -0.25) is 14.7 Å². The second-order valence-electron chi connectivity index (χ2n) is 3.95. The number of amides is 1. The van der Waals surface area contributed by atoms with Gasteiger partial charge in [-0.15, -0.1) is 0 Å². The number of carbonyl (C=O) groups excluding carboxylic acids is 1. The van der Waals surface area contributed by atoms with E-state index in [1.54, 1.807) is 0 Å². The molecule has 0 saturated heterocycles. The van der Waals surface area contributed by atoms with E-state index in [0.29, 0.717) is 0 Å². The summed E-state index contributed by atoms with van der Waals surface area (Å²) in [5.41, 5.74) is -0.333. The highest BCUT2D eigenvalue weighted by molar-refractivity contribution is 6.07. The molecule has 1 saturated carbocycles. The number of nitrogens with zero attached hydrogens (tertiary/aromatic N) is 2. The van der Waals surface area contributed by atoms with Crippen LogP contribution >= 0.6 is 0 Å². The number of aliphatic imine (C=N–C) groups is 1. The van der Waals surface area contributed by atoms with Crippen LogP contribution in [0.1, 0.15) is 39.5 Å². The molecule has 0 bridgehead atoms. The minimum absolute atomic E-state index is 0.241. The third-order valence-electron chi connectivity index (χ3n) is 3.16. The molecule has 1 heterocycles. The van der Waals surface area contributed by atoms with E-state index in [-0.39, 0.29) is 11.4 Å². The lowest BCUT2D eigenvalue weighted by Gasteiger charge is -2.20. The Kier molecular flexibility index (Phi) is 1.90. The van der Waals surface area contributed by atoms with E-state index in [0.717, 1.165) is 38.1 Å². The molecule has 72 valence electrons. The van der Waals surface area contributed by atoms with Crippen molar-refractivity contribution in [2.24, 2.45) is 4.99 Å². The van der Waals surface area contributed by atoms with Gasteiger partial charge in [0.15, 0.2) is 0 Å². The summed E-state index contributed by atoms with van der Waals surface area (Å²) >= 11 is 0. The monoisotopic (exact) mass is 180 g/mol. The average Bonchev–Trinajstić information content (AvgIpc) is 2.62. The molecule has 0 aromatic rings. The van der Waals surface area contributed by atoms with Crippen LogP contribution in [0.25, 0.3) is 0 Å². The molecular weight excluding hydrogens is 164 g/mol. The molecular formula is C10H16N2O. The van der Waals surface area contributed by atoms with E-state index < -0.39 is 0 Å². The van der Waals surface area contributed by atoms with Gasteiger partial charge in [-0.25, -0.2) is 0 Å². The molecule has 0 aromatic heterocycles. The van der Waals surface area contributed by atoms with Crippen LogP contribution in [0.3, 0.4) is 0 Å². The van der Waals surface area contributed by atoms with Crippen molar-refractivity contribution in [3.8, 4) is 0 Å². The van der Waals surface area contributed by atoms with Gasteiger partial charge < -0.3 is 0 Å². The summed E-state index contributed by atoms with van der Waals surface area (Å²) in [5.74, 6) is 1.15. The molecule has 2 aliphatic rings. The fraction of sp³-hybridized carbons (Fsp3) is 0.800. The maximum absolute atomic E-state index is 12.0. The smallest absolute Gasteiger partial charge is 0.255 e. The van der Waals surface area contributed by atoms with E-state index in [9.17, 15) is 4.79 Å². The van der Waals surface area contributed by atoms with Gasteiger partial charge in [0.1, 0.15) is 11.4 Å². The summed E-state index contributed by atoms with van der Waals surface area (Å²) in [6.45, 7) is 4.70. The first kappa shape index (κ1) is 8.73. The number of hydrogen-bond donors (Lipinski definition) is 0. The van der Waals surface area contributed by atoms with Gasteiger partial charge in [0.25, 0.3) is 5.91 Å². The zero-order valence-corrected chi connectivity index (χ0v) is 8.34. The minimum Gasteiger partial charge on any atom is -0.299 e. The van der Waals surface area contributed by atoms with Crippen molar-refractivity contribution in [1.29, 1.82) is 0 Å². The molecule has 0 atom stereocenters. The first-order chi connectivity index (χ1) is 6.19. The Balaban J connectivity index is 2.29. The van der Waals surface area contributed by atoms with Gasteiger partial charge in [0.05, 0.1) is 0 Å².